The van der Waals surface area contributed by atoms with Gasteiger partial charge in [0.05, 0.1) is 16.7 Å². The van der Waals surface area contributed by atoms with Crippen molar-refractivity contribution in [1.29, 1.82) is 0 Å². The van der Waals surface area contributed by atoms with Crippen LogP contribution in [0.1, 0.15) is 34.3 Å². The van der Waals surface area contributed by atoms with E-state index in [9.17, 15) is 14.0 Å². The minimum atomic E-state index is -0.328. The molecule has 188 valence electrons. The van der Waals surface area contributed by atoms with Crippen LogP contribution < -0.4 is 5.69 Å². The Labute approximate surface area is 216 Å². The SMILES string of the molecule is Cc1ccc(-n2c(=O)n(CCN3CCC(C(=O)c4ccc(F)cc4)CC3)c3cccc(C)c32)cc1.Cl. The number of halogens is 2. The summed E-state index contributed by atoms with van der Waals surface area (Å²) in [6.45, 7) is 7.04. The highest BCUT2D eigenvalue weighted by Crippen LogP contribution is 2.24. The third kappa shape index (κ3) is 5.01. The zero-order chi connectivity index (χ0) is 24.5. The Kier molecular flexibility index (Phi) is 7.76. The maximum absolute atomic E-state index is 13.6. The molecule has 0 bridgehead atoms. The number of Topliss-reactive ketones (excluding diaryl/α,β-unsaturated/α-hetero) is 1. The van der Waals surface area contributed by atoms with Crippen molar-refractivity contribution in [2.24, 2.45) is 5.92 Å². The van der Waals surface area contributed by atoms with Crippen molar-refractivity contribution in [3.05, 3.63) is 99.7 Å². The largest absolute Gasteiger partial charge is 0.333 e. The van der Waals surface area contributed by atoms with E-state index in [4.69, 9.17) is 0 Å². The van der Waals surface area contributed by atoms with E-state index in [2.05, 4.69) is 4.90 Å². The lowest BCUT2D eigenvalue weighted by Crippen LogP contribution is -2.39. The third-order valence-corrected chi connectivity index (χ3v) is 7.17. The zero-order valence-electron chi connectivity index (χ0n) is 20.6. The van der Waals surface area contributed by atoms with Crippen molar-refractivity contribution in [3.8, 4) is 5.69 Å². The summed E-state index contributed by atoms with van der Waals surface area (Å²) < 4.78 is 16.9. The van der Waals surface area contributed by atoms with Gasteiger partial charge in [-0.3, -0.25) is 13.9 Å². The van der Waals surface area contributed by atoms with Gasteiger partial charge in [-0.1, -0.05) is 29.8 Å². The van der Waals surface area contributed by atoms with Gasteiger partial charge in [-0.05, 0) is 87.8 Å². The maximum atomic E-state index is 13.6. The highest BCUT2D eigenvalue weighted by atomic mass is 35.5. The van der Waals surface area contributed by atoms with Gasteiger partial charge in [0.1, 0.15) is 5.82 Å². The number of piperidine rings is 1. The Bertz CT molecular complexity index is 1420. The molecule has 0 atom stereocenters. The molecule has 0 unspecified atom stereocenters. The summed E-state index contributed by atoms with van der Waals surface area (Å²) in [5, 5.41) is 0. The number of rotatable bonds is 6. The van der Waals surface area contributed by atoms with E-state index < -0.39 is 0 Å². The Balaban J connectivity index is 0.00000304. The number of fused-ring (bicyclic) bond motifs is 1. The summed E-state index contributed by atoms with van der Waals surface area (Å²) in [5.74, 6) is -0.270. The molecule has 1 aliphatic heterocycles. The number of aryl methyl sites for hydroxylation is 2. The predicted octanol–water partition coefficient (Wildman–Crippen LogP) is 5.56. The second kappa shape index (κ2) is 10.8. The molecule has 1 saturated heterocycles. The summed E-state index contributed by atoms with van der Waals surface area (Å²) in [4.78, 5) is 28.7. The number of para-hydroxylation sites is 1. The molecule has 5 nitrogen and oxygen atoms in total. The topological polar surface area (TPSA) is 47.2 Å². The first-order chi connectivity index (χ1) is 16.9. The van der Waals surface area contributed by atoms with E-state index >= 15 is 0 Å². The summed E-state index contributed by atoms with van der Waals surface area (Å²) in [6, 6.07) is 19.9. The minimum Gasteiger partial charge on any atom is -0.302 e. The molecule has 0 saturated carbocycles. The lowest BCUT2D eigenvalue weighted by Gasteiger charge is -2.31. The average Bonchev–Trinajstić information content (AvgIpc) is 3.16. The number of ketones is 1. The predicted molar refractivity (Wildman–Crippen MR) is 144 cm³/mol. The van der Waals surface area contributed by atoms with Crippen molar-refractivity contribution < 1.29 is 9.18 Å². The molecule has 0 aliphatic carbocycles. The fourth-order valence-electron chi connectivity index (χ4n) is 5.13. The Morgan fingerprint density at radius 3 is 2.25 bits per heavy atom. The first kappa shape index (κ1) is 25.9. The molecule has 0 radical (unpaired) electrons. The molecule has 0 N–H and O–H groups in total. The zero-order valence-corrected chi connectivity index (χ0v) is 21.4. The molecule has 4 aromatic rings. The molecular weight excluding hydrogens is 477 g/mol. The summed E-state index contributed by atoms with van der Waals surface area (Å²) in [5.41, 5.74) is 5.54. The smallest absolute Gasteiger partial charge is 0.302 e. The number of nitrogens with zero attached hydrogens (tertiary/aromatic N) is 3. The van der Waals surface area contributed by atoms with Gasteiger partial charge in [-0.2, -0.15) is 0 Å². The first-order valence-corrected chi connectivity index (χ1v) is 12.2. The van der Waals surface area contributed by atoms with Crippen LogP contribution in [0.5, 0.6) is 0 Å². The van der Waals surface area contributed by atoms with Gasteiger partial charge in [0, 0.05) is 24.6 Å². The molecule has 2 heterocycles. The average molecular weight is 508 g/mol. The van der Waals surface area contributed by atoms with Gasteiger partial charge < -0.3 is 4.90 Å². The highest BCUT2D eigenvalue weighted by molar-refractivity contribution is 5.97. The lowest BCUT2D eigenvalue weighted by molar-refractivity contribution is 0.0837. The van der Waals surface area contributed by atoms with Gasteiger partial charge in [0.15, 0.2) is 5.78 Å². The van der Waals surface area contributed by atoms with E-state index in [1.54, 1.807) is 12.1 Å². The van der Waals surface area contributed by atoms with Crippen molar-refractivity contribution in [2.75, 3.05) is 19.6 Å². The van der Waals surface area contributed by atoms with Gasteiger partial charge in [-0.15, -0.1) is 12.4 Å². The molecule has 1 fully saturated rings. The van der Waals surface area contributed by atoms with Crippen LogP contribution in [-0.2, 0) is 6.54 Å². The van der Waals surface area contributed by atoms with E-state index in [1.165, 1.54) is 12.1 Å². The normalized spacial score (nSPS) is 14.6. The Morgan fingerprint density at radius 2 is 1.58 bits per heavy atom. The van der Waals surface area contributed by atoms with Gasteiger partial charge in [0.25, 0.3) is 0 Å². The van der Waals surface area contributed by atoms with Crippen LogP contribution in [0.4, 0.5) is 4.39 Å². The van der Waals surface area contributed by atoms with Gasteiger partial charge >= 0.3 is 5.69 Å². The third-order valence-electron chi connectivity index (χ3n) is 7.17. The quantitative estimate of drug-likeness (QED) is 0.321. The fourth-order valence-corrected chi connectivity index (χ4v) is 5.13. The molecule has 7 heteroatoms. The molecule has 1 aliphatic rings. The molecule has 1 aromatic heterocycles. The minimum absolute atomic E-state index is 0. The van der Waals surface area contributed by atoms with E-state index in [0.29, 0.717) is 12.1 Å². The molecule has 0 amide bonds. The van der Waals surface area contributed by atoms with Gasteiger partial charge in [0.2, 0.25) is 0 Å². The van der Waals surface area contributed by atoms with Crippen LogP contribution in [0.3, 0.4) is 0 Å². The molecular formula is C29H31ClFN3O2. The number of carbonyl (C=O) groups is 1. The fraction of sp³-hybridized carbons (Fsp3) is 0.310. The standard InChI is InChI=1S/C29H30FN3O2.ClH/c1-20-6-12-25(13-7-20)33-27-21(2)4-3-5-26(27)32(29(33)35)19-18-31-16-14-23(15-17-31)28(34)22-8-10-24(30)11-9-22;/h3-13,23H,14-19H2,1-2H3;1H. The Hall–Kier alpha value is -3.22. The van der Waals surface area contributed by atoms with E-state index in [-0.39, 0.29) is 35.6 Å². The van der Waals surface area contributed by atoms with Crippen LogP contribution in [0.15, 0.2) is 71.5 Å². The van der Waals surface area contributed by atoms with Crippen LogP contribution in [0.25, 0.3) is 16.7 Å². The monoisotopic (exact) mass is 507 g/mol. The van der Waals surface area contributed by atoms with E-state index in [0.717, 1.165) is 60.3 Å². The van der Waals surface area contributed by atoms with Crippen LogP contribution in [0.2, 0.25) is 0 Å². The first-order valence-electron chi connectivity index (χ1n) is 12.2. The number of hydrogen-bond donors (Lipinski definition) is 0. The number of carbonyl (C=O) groups excluding carboxylic acids is 1. The summed E-state index contributed by atoms with van der Waals surface area (Å²) >= 11 is 0. The number of likely N-dealkylation sites (tertiary alicyclic amines) is 1. The van der Waals surface area contributed by atoms with E-state index in [1.807, 2.05) is 65.4 Å². The second-order valence-corrected chi connectivity index (χ2v) is 9.53. The number of imidazole rings is 1. The van der Waals surface area contributed by atoms with Crippen LogP contribution in [-0.4, -0.2) is 39.5 Å². The highest BCUT2D eigenvalue weighted by Gasteiger charge is 2.26. The van der Waals surface area contributed by atoms with Crippen LogP contribution >= 0.6 is 12.4 Å². The lowest BCUT2D eigenvalue weighted by atomic mass is 9.89. The summed E-state index contributed by atoms with van der Waals surface area (Å²) in [6.07, 6.45) is 1.55. The van der Waals surface area contributed by atoms with Gasteiger partial charge in [-0.25, -0.2) is 9.18 Å². The summed E-state index contributed by atoms with van der Waals surface area (Å²) in [7, 11) is 0. The maximum Gasteiger partial charge on any atom is 0.333 e. The van der Waals surface area contributed by atoms with Crippen molar-refractivity contribution in [2.45, 2.75) is 33.2 Å². The molecule has 36 heavy (non-hydrogen) atoms. The van der Waals surface area contributed by atoms with Crippen molar-refractivity contribution >= 4 is 29.2 Å². The number of hydrogen-bond acceptors (Lipinski definition) is 3. The van der Waals surface area contributed by atoms with Crippen LogP contribution in [0, 0.1) is 25.6 Å². The molecule has 5 rings (SSSR count). The van der Waals surface area contributed by atoms with Crippen molar-refractivity contribution in [1.82, 2.24) is 14.0 Å². The Morgan fingerprint density at radius 1 is 0.917 bits per heavy atom. The van der Waals surface area contributed by atoms with Crippen molar-refractivity contribution in [3.63, 3.8) is 0 Å². The number of benzene rings is 3. The second-order valence-electron chi connectivity index (χ2n) is 9.53. The molecule has 0 spiro atoms. The number of aromatic nitrogens is 2. The molecule has 3 aromatic carbocycles.